The van der Waals surface area contributed by atoms with Crippen molar-refractivity contribution >= 4 is 29.2 Å². The number of hydrogen-bond acceptors (Lipinski definition) is 6. The largest absolute Gasteiger partial charge is 0.495 e. The minimum Gasteiger partial charge on any atom is -0.495 e. The third-order valence-electron chi connectivity index (χ3n) is 8.04. The first-order valence-corrected chi connectivity index (χ1v) is 14.2. The highest BCUT2D eigenvalue weighted by Crippen LogP contribution is 2.30. The number of methoxy groups -OCH3 is 1. The number of ether oxygens (including phenoxy) is 1. The summed E-state index contributed by atoms with van der Waals surface area (Å²) >= 11 is 0. The SMILES string of the molecule is COc1ccccc1N(CCN1CCC(C(=O)c2ccc(F)cc2)CC1)C(=O)c1ccc(CN2C(=O)CCC2=O)cc1. The van der Waals surface area contributed by atoms with Gasteiger partial charge in [-0.1, -0.05) is 24.3 Å². The lowest BCUT2D eigenvalue weighted by Crippen LogP contribution is -2.43. The van der Waals surface area contributed by atoms with Gasteiger partial charge < -0.3 is 14.5 Å². The first-order chi connectivity index (χ1) is 20.3. The summed E-state index contributed by atoms with van der Waals surface area (Å²) < 4.78 is 18.8. The molecular formula is C33H34FN3O5. The number of amides is 3. The lowest BCUT2D eigenvalue weighted by atomic mass is 9.89. The number of ketones is 1. The normalized spacial score (nSPS) is 16.1. The van der Waals surface area contributed by atoms with Crippen LogP contribution in [0.3, 0.4) is 0 Å². The summed E-state index contributed by atoms with van der Waals surface area (Å²) in [4.78, 5) is 55.9. The average Bonchev–Trinajstić information content (AvgIpc) is 3.34. The van der Waals surface area contributed by atoms with E-state index in [1.54, 1.807) is 48.4 Å². The van der Waals surface area contributed by atoms with Gasteiger partial charge in [0.15, 0.2) is 5.78 Å². The van der Waals surface area contributed by atoms with Gasteiger partial charge in [-0.2, -0.15) is 0 Å². The van der Waals surface area contributed by atoms with Crippen molar-refractivity contribution in [1.82, 2.24) is 9.80 Å². The van der Waals surface area contributed by atoms with Crippen LogP contribution in [0.1, 0.15) is 52.0 Å². The van der Waals surface area contributed by atoms with Crippen LogP contribution in [-0.4, -0.2) is 66.6 Å². The zero-order chi connectivity index (χ0) is 29.6. The monoisotopic (exact) mass is 571 g/mol. The predicted molar refractivity (Wildman–Crippen MR) is 156 cm³/mol. The number of nitrogens with zero attached hydrogens (tertiary/aromatic N) is 3. The van der Waals surface area contributed by atoms with E-state index in [4.69, 9.17) is 4.74 Å². The number of carbonyl (C=O) groups excluding carboxylic acids is 4. The Morgan fingerprint density at radius 3 is 2.14 bits per heavy atom. The maximum atomic E-state index is 13.8. The highest BCUT2D eigenvalue weighted by molar-refractivity contribution is 6.07. The predicted octanol–water partition coefficient (Wildman–Crippen LogP) is 4.73. The Kier molecular flexibility index (Phi) is 9.07. The van der Waals surface area contributed by atoms with Crippen LogP contribution in [-0.2, 0) is 16.1 Å². The second-order valence-electron chi connectivity index (χ2n) is 10.7. The Balaban J connectivity index is 1.25. The zero-order valence-corrected chi connectivity index (χ0v) is 23.6. The number of hydrogen-bond donors (Lipinski definition) is 0. The van der Waals surface area contributed by atoms with Crippen molar-refractivity contribution in [3.63, 3.8) is 0 Å². The van der Waals surface area contributed by atoms with Crippen LogP contribution in [0.2, 0.25) is 0 Å². The van der Waals surface area contributed by atoms with Crippen LogP contribution < -0.4 is 9.64 Å². The molecule has 0 aliphatic carbocycles. The van der Waals surface area contributed by atoms with Gasteiger partial charge in [0.05, 0.1) is 19.3 Å². The third-order valence-corrected chi connectivity index (χ3v) is 8.04. The topological polar surface area (TPSA) is 87.2 Å². The maximum absolute atomic E-state index is 13.8. The van der Waals surface area contributed by atoms with Gasteiger partial charge in [-0.05, 0) is 80.0 Å². The lowest BCUT2D eigenvalue weighted by Gasteiger charge is -2.33. The minimum atomic E-state index is -0.360. The molecule has 2 aliphatic rings. The minimum absolute atomic E-state index is 0.0439. The number of halogens is 1. The molecule has 0 saturated carbocycles. The van der Waals surface area contributed by atoms with Gasteiger partial charge >= 0.3 is 0 Å². The number of Topliss-reactive ketones (excluding diaryl/α,β-unsaturated/α-hetero) is 1. The number of imide groups is 1. The summed E-state index contributed by atoms with van der Waals surface area (Å²) in [6, 6.07) is 20.1. The number of carbonyl (C=O) groups is 4. The maximum Gasteiger partial charge on any atom is 0.258 e. The van der Waals surface area contributed by atoms with Gasteiger partial charge in [0.2, 0.25) is 11.8 Å². The van der Waals surface area contributed by atoms with Gasteiger partial charge in [-0.15, -0.1) is 0 Å². The third kappa shape index (κ3) is 6.57. The van der Waals surface area contributed by atoms with Gasteiger partial charge in [0.25, 0.3) is 5.91 Å². The second kappa shape index (κ2) is 13.1. The fourth-order valence-corrected chi connectivity index (χ4v) is 5.58. The molecule has 218 valence electrons. The van der Waals surface area contributed by atoms with Crippen molar-refractivity contribution in [1.29, 1.82) is 0 Å². The summed E-state index contributed by atoms with van der Waals surface area (Å²) in [6.07, 6.45) is 1.88. The van der Waals surface area contributed by atoms with Crippen molar-refractivity contribution in [3.05, 3.63) is 95.3 Å². The molecule has 0 aromatic heterocycles. The van der Waals surface area contributed by atoms with Crippen molar-refractivity contribution in [3.8, 4) is 5.75 Å². The highest BCUT2D eigenvalue weighted by Gasteiger charge is 2.30. The summed E-state index contributed by atoms with van der Waals surface area (Å²) in [5.74, 6) is -0.386. The summed E-state index contributed by atoms with van der Waals surface area (Å²) in [5.41, 5.74) is 2.44. The molecule has 8 nitrogen and oxygen atoms in total. The fourth-order valence-electron chi connectivity index (χ4n) is 5.58. The molecule has 3 aromatic carbocycles. The van der Waals surface area contributed by atoms with Gasteiger partial charge in [0.1, 0.15) is 11.6 Å². The van der Waals surface area contributed by atoms with Gasteiger partial charge in [-0.25, -0.2) is 4.39 Å². The quantitative estimate of drug-likeness (QED) is 0.259. The average molecular weight is 572 g/mol. The molecule has 2 saturated heterocycles. The van der Waals surface area contributed by atoms with Crippen molar-refractivity contribution in [2.75, 3.05) is 38.2 Å². The number of anilines is 1. The molecule has 3 amide bonds. The van der Waals surface area contributed by atoms with Gasteiger partial charge in [0, 0.05) is 43.0 Å². The molecule has 0 radical (unpaired) electrons. The lowest BCUT2D eigenvalue weighted by molar-refractivity contribution is -0.139. The van der Waals surface area contributed by atoms with Crippen molar-refractivity contribution < 1.29 is 28.3 Å². The molecular weight excluding hydrogens is 537 g/mol. The van der Waals surface area contributed by atoms with Crippen molar-refractivity contribution in [2.45, 2.75) is 32.2 Å². The smallest absolute Gasteiger partial charge is 0.258 e. The Labute approximate surface area is 244 Å². The van der Waals surface area contributed by atoms with E-state index < -0.39 is 0 Å². The van der Waals surface area contributed by atoms with E-state index in [0.29, 0.717) is 61.6 Å². The Bertz CT molecular complexity index is 1430. The molecule has 42 heavy (non-hydrogen) atoms. The zero-order valence-electron chi connectivity index (χ0n) is 23.6. The first kappa shape index (κ1) is 29.1. The van der Waals surface area contributed by atoms with E-state index in [-0.39, 0.29) is 54.6 Å². The Morgan fingerprint density at radius 2 is 1.50 bits per heavy atom. The van der Waals surface area contributed by atoms with E-state index in [2.05, 4.69) is 4.90 Å². The Hall–Kier alpha value is -4.37. The number of piperidine rings is 1. The Morgan fingerprint density at radius 1 is 0.881 bits per heavy atom. The molecule has 2 heterocycles. The number of likely N-dealkylation sites (tertiary alicyclic amines) is 2. The summed E-state index contributed by atoms with van der Waals surface area (Å²) in [7, 11) is 1.57. The summed E-state index contributed by atoms with van der Waals surface area (Å²) in [6.45, 7) is 2.65. The molecule has 0 unspecified atom stereocenters. The van der Waals surface area contributed by atoms with Crippen LogP contribution in [0.5, 0.6) is 5.75 Å². The second-order valence-corrected chi connectivity index (χ2v) is 10.7. The van der Waals surface area contributed by atoms with E-state index in [9.17, 15) is 23.6 Å². The molecule has 5 rings (SSSR count). The standard InChI is InChI=1S/C33H34FN3O5/c1-42-29-5-3-2-4-28(29)36(33(41)26-8-6-23(7-9-26)22-37-30(38)14-15-31(37)39)21-20-35-18-16-25(17-19-35)32(40)24-10-12-27(34)13-11-24/h2-13,25H,14-22H2,1H3. The van der Waals surface area contributed by atoms with E-state index in [1.807, 2.05) is 24.3 Å². The van der Waals surface area contributed by atoms with Crippen LogP contribution in [0, 0.1) is 11.7 Å². The highest BCUT2D eigenvalue weighted by atomic mass is 19.1. The molecule has 2 aliphatic heterocycles. The van der Waals surface area contributed by atoms with E-state index in [1.165, 1.54) is 17.0 Å². The molecule has 0 N–H and O–H groups in total. The van der Waals surface area contributed by atoms with E-state index >= 15 is 0 Å². The van der Waals surface area contributed by atoms with Crippen LogP contribution in [0.25, 0.3) is 0 Å². The molecule has 3 aromatic rings. The van der Waals surface area contributed by atoms with Crippen molar-refractivity contribution in [2.24, 2.45) is 5.92 Å². The molecule has 0 bridgehead atoms. The van der Waals surface area contributed by atoms with Crippen LogP contribution in [0.15, 0.2) is 72.8 Å². The number of para-hydroxylation sites is 2. The van der Waals surface area contributed by atoms with E-state index in [0.717, 1.165) is 5.56 Å². The molecule has 2 fully saturated rings. The number of rotatable bonds is 10. The van der Waals surface area contributed by atoms with Crippen LogP contribution >= 0.6 is 0 Å². The summed E-state index contributed by atoms with van der Waals surface area (Å²) in [5, 5.41) is 0. The molecule has 0 atom stereocenters. The fraction of sp³-hybridized carbons (Fsp3) is 0.333. The van der Waals surface area contributed by atoms with Gasteiger partial charge in [-0.3, -0.25) is 24.1 Å². The number of benzene rings is 3. The molecule has 0 spiro atoms. The first-order valence-electron chi connectivity index (χ1n) is 14.2. The van der Waals surface area contributed by atoms with Crippen LogP contribution in [0.4, 0.5) is 10.1 Å². The molecule has 9 heteroatoms.